The van der Waals surface area contributed by atoms with E-state index in [0.717, 1.165) is 0 Å². The van der Waals surface area contributed by atoms with E-state index in [9.17, 15) is 17.6 Å². The van der Waals surface area contributed by atoms with Crippen LogP contribution in [0, 0.1) is 5.92 Å². The highest BCUT2D eigenvalue weighted by atomic mass is 32.2. The number of nitrogens with zero attached hydrogens (tertiary/aromatic N) is 1. The second-order valence-electron chi connectivity index (χ2n) is 5.91. The maximum absolute atomic E-state index is 14.0. The normalized spacial score (nSPS) is 33.6. The van der Waals surface area contributed by atoms with Crippen LogP contribution in [0.15, 0.2) is 0 Å². The predicted molar refractivity (Wildman–Crippen MR) is 72.9 cm³/mol. The molecule has 0 bridgehead atoms. The van der Waals surface area contributed by atoms with Crippen LogP contribution in [0.4, 0.5) is 4.39 Å². The molecule has 0 radical (unpaired) electrons. The number of carbonyl (C=O) groups excluding carboxylic acids is 1. The van der Waals surface area contributed by atoms with E-state index in [1.54, 1.807) is 0 Å². The molecule has 0 N–H and O–H groups in total. The van der Waals surface area contributed by atoms with Gasteiger partial charge < -0.3 is 9.64 Å². The summed E-state index contributed by atoms with van der Waals surface area (Å²) in [5.41, 5.74) is 0. The average Bonchev–Trinajstić information content (AvgIpc) is 2.71. The molecular weight excluding hydrogens is 285 g/mol. The van der Waals surface area contributed by atoms with Crippen molar-refractivity contribution in [3.8, 4) is 0 Å². The highest BCUT2D eigenvalue weighted by Gasteiger charge is 2.39. The molecule has 1 amide bonds. The summed E-state index contributed by atoms with van der Waals surface area (Å²) in [5, 5.41) is 0. The third-order valence-electron chi connectivity index (χ3n) is 3.82. The summed E-state index contributed by atoms with van der Waals surface area (Å²) in [6, 6.07) is 0. The van der Waals surface area contributed by atoms with Gasteiger partial charge in [0.2, 0.25) is 5.91 Å². The summed E-state index contributed by atoms with van der Waals surface area (Å²) in [4.78, 5) is 13.7. The average molecular weight is 307 g/mol. The zero-order valence-corrected chi connectivity index (χ0v) is 12.7. The Bertz CT molecular complexity index is 465. The highest BCUT2D eigenvalue weighted by Crippen LogP contribution is 2.25. The number of alkyl halides is 1. The minimum atomic E-state index is -3.09. The Hall–Kier alpha value is -0.690. The number of hydrogen-bond donors (Lipinski definition) is 0. The molecule has 2 rings (SSSR count). The first kappa shape index (κ1) is 15.7. The first-order chi connectivity index (χ1) is 9.28. The smallest absolute Gasteiger partial charge is 0.226 e. The van der Waals surface area contributed by atoms with Crippen LogP contribution in [-0.2, 0) is 19.4 Å². The van der Waals surface area contributed by atoms with E-state index in [4.69, 9.17) is 4.74 Å². The summed E-state index contributed by atoms with van der Waals surface area (Å²) in [7, 11) is -3.09. The van der Waals surface area contributed by atoms with E-state index in [2.05, 4.69) is 0 Å². The maximum Gasteiger partial charge on any atom is 0.226 e. The Morgan fingerprint density at radius 1 is 1.35 bits per heavy atom. The fourth-order valence-electron chi connectivity index (χ4n) is 2.83. The van der Waals surface area contributed by atoms with Crippen LogP contribution in [0.5, 0.6) is 0 Å². The molecule has 0 aromatic carbocycles. The number of likely N-dealkylation sites (tertiary alicyclic amines) is 1. The second kappa shape index (κ2) is 5.97. The van der Waals surface area contributed by atoms with Gasteiger partial charge in [0.1, 0.15) is 6.17 Å². The lowest BCUT2D eigenvalue weighted by molar-refractivity contribution is -0.141. The molecule has 2 aliphatic rings. The molecule has 0 saturated carbocycles. The van der Waals surface area contributed by atoms with Gasteiger partial charge >= 0.3 is 0 Å². The summed E-state index contributed by atoms with van der Waals surface area (Å²) in [6.07, 6.45) is -0.884. The van der Waals surface area contributed by atoms with Crippen molar-refractivity contribution in [2.24, 2.45) is 5.92 Å². The minimum absolute atomic E-state index is 0.00671. The number of sulfone groups is 1. The van der Waals surface area contributed by atoms with Crippen molar-refractivity contribution in [3.05, 3.63) is 0 Å². The van der Waals surface area contributed by atoms with E-state index in [-0.39, 0.29) is 30.1 Å². The lowest BCUT2D eigenvalue weighted by Crippen LogP contribution is -2.50. The lowest BCUT2D eigenvalue weighted by atomic mass is 10.0. The van der Waals surface area contributed by atoms with E-state index < -0.39 is 28.0 Å². The minimum Gasteiger partial charge on any atom is -0.372 e. The van der Waals surface area contributed by atoms with E-state index in [1.807, 2.05) is 13.8 Å². The van der Waals surface area contributed by atoms with Crippen molar-refractivity contribution in [3.63, 3.8) is 0 Å². The number of rotatable bonds is 3. The molecule has 2 heterocycles. The van der Waals surface area contributed by atoms with Crippen LogP contribution in [0.25, 0.3) is 0 Å². The van der Waals surface area contributed by atoms with Crippen molar-refractivity contribution >= 4 is 15.7 Å². The number of ether oxygens (including phenoxy) is 1. The fraction of sp³-hybridized carbons (Fsp3) is 0.923. The van der Waals surface area contributed by atoms with Gasteiger partial charge in [0.15, 0.2) is 9.84 Å². The molecule has 0 aromatic heterocycles. The molecule has 2 aliphatic heterocycles. The molecular formula is C13H22FNO4S. The maximum atomic E-state index is 14.0. The van der Waals surface area contributed by atoms with E-state index in [1.165, 1.54) is 4.90 Å². The monoisotopic (exact) mass is 307 g/mol. The van der Waals surface area contributed by atoms with Gasteiger partial charge in [-0.05, 0) is 26.7 Å². The Morgan fingerprint density at radius 2 is 2.05 bits per heavy atom. The van der Waals surface area contributed by atoms with Gasteiger partial charge in [-0.2, -0.15) is 0 Å². The standard InChI is InChI=1S/C13H22FNO4S/c1-9(2)19-12-3-5-15(7-11(12)14)13(16)10-4-6-20(17,18)8-10/h9-12H,3-8H2,1-2H3/t10?,11-,12+/m1/s1. The van der Waals surface area contributed by atoms with Gasteiger partial charge in [0.05, 0.1) is 36.2 Å². The van der Waals surface area contributed by atoms with Crippen LogP contribution < -0.4 is 0 Å². The number of piperidine rings is 1. The summed E-state index contributed by atoms with van der Waals surface area (Å²) in [6.45, 7) is 4.15. The first-order valence-corrected chi connectivity index (χ1v) is 8.89. The number of hydrogen-bond acceptors (Lipinski definition) is 4. The topological polar surface area (TPSA) is 63.7 Å². The van der Waals surface area contributed by atoms with Crippen LogP contribution in [-0.4, -0.2) is 62.2 Å². The quantitative estimate of drug-likeness (QED) is 0.773. The third kappa shape index (κ3) is 3.69. The molecule has 5 nitrogen and oxygen atoms in total. The molecule has 20 heavy (non-hydrogen) atoms. The highest BCUT2D eigenvalue weighted by molar-refractivity contribution is 7.91. The van der Waals surface area contributed by atoms with E-state index in [0.29, 0.717) is 19.4 Å². The van der Waals surface area contributed by atoms with Gasteiger partial charge in [0.25, 0.3) is 0 Å². The number of carbonyl (C=O) groups is 1. The van der Waals surface area contributed by atoms with Crippen LogP contribution in [0.2, 0.25) is 0 Å². The Morgan fingerprint density at radius 3 is 2.55 bits per heavy atom. The molecule has 3 atom stereocenters. The Kier molecular flexibility index (Phi) is 4.69. The zero-order chi connectivity index (χ0) is 14.9. The van der Waals surface area contributed by atoms with Gasteiger partial charge in [-0.15, -0.1) is 0 Å². The first-order valence-electron chi connectivity index (χ1n) is 7.07. The fourth-order valence-corrected chi connectivity index (χ4v) is 4.57. The molecule has 1 unspecified atom stereocenters. The summed E-state index contributed by atoms with van der Waals surface area (Å²) < 4.78 is 42.3. The zero-order valence-electron chi connectivity index (χ0n) is 11.9. The van der Waals surface area contributed by atoms with Crippen molar-refractivity contribution in [2.45, 2.75) is 45.1 Å². The molecule has 7 heteroatoms. The SMILES string of the molecule is CC(C)O[C@H]1CCN(C(=O)C2CCS(=O)(=O)C2)C[C@H]1F. The summed E-state index contributed by atoms with van der Waals surface area (Å²) >= 11 is 0. The molecule has 2 saturated heterocycles. The Balaban J connectivity index is 1.91. The van der Waals surface area contributed by atoms with Crippen molar-refractivity contribution in [1.29, 1.82) is 0 Å². The van der Waals surface area contributed by atoms with Crippen molar-refractivity contribution in [2.75, 3.05) is 24.6 Å². The van der Waals surface area contributed by atoms with Gasteiger partial charge in [-0.1, -0.05) is 0 Å². The predicted octanol–water partition coefficient (Wildman–Crippen LogP) is 0.785. The molecule has 116 valence electrons. The second-order valence-corrected chi connectivity index (χ2v) is 8.14. The largest absolute Gasteiger partial charge is 0.372 e. The van der Waals surface area contributed by atoms with Gasteiger partial charge in [-0.25, -0.2) is 12.8 Å². The number of halogens is 1. The molecule has 2 fully saturated rings. The van der Waals surface area contributed by atoms with Gasteiger partial charge in [0, 0.05) is 6.54 Å². The van der Waals surface area contributed by atoms with Crippen LogP contribution in [0.1, 0.15) is 26.7 Å². The Labute approximate surface area is 119 Å². The number of amides is 1. The molecule has 0 aromatic rings. The van der Waals surface area contributed by atoms with Crippen LogP contribution in [0.3, 0.4) is 0 Å². The lowest BCUT2D eigenvalue weighted by Gasteiger charge is -2.36. The molecule has 0 aliphatic carbocycles. The van der Waals surface area contributed by atoms with Crippen LogP contribution >= 0.6 is 0 Å². The van der Waals surface area contributed by atoms with Crippen molar-refractivity contribution < 1.29 is 22.3 Å². The third-order valence-corrected chi connectivity index (χ3v) is 5.59. The van der Waals surface area contributed by atoms with E-state index >= 15 is 0 Å². The van der Waals surface area contributed by atoms with Crippen molar-refractivity contribution in [1.82, 2.24) is 4.90 Å². The van der Waals surface area contributed by atoms with Gasteiger partial charge in [-0.3, -0.25) is 4.79 Å². The summed E-state index contributed by atoms with van der Waals surface area (Å²) in [5.74, 6) is -0.743. The molecule has 0 spiro atoms.